The summed E-state index contributed by atoms with van der Waals surface area (Å²) in [7, 11) is 0. The van der Waals surface area contributed by atoms with Crippen molar-refractivity contribution in [3.8, 4) is 11.3 Å². The van der Waals surface area contributed by atoms with Crippen LogP contribution in [0.5, 0.6) is 0 Å². The Morgan fingerprint density at radius 1 is 1.18 bits per heavy atom. The molecule has 0 radical (unpaired) electrons. The first-order valence-electron chi connectivity index (χ1n) is 11.4. The molecule has 2 N–H and O–H groups in total. The molecule has 2 aliphatic heterocycles. The van der Waals surface area contributed by atoms with Crippen molar-refractivity contribution in [1.82, 2.24) is 5.01 Å². The first kappa shape index (κ1) is 22.3. The highest BCUT2D eigenvalue weighted by atomic mass is 32.2. The van der Waals surface area contributed by atoms with E-state index in [2.05, 4.69) is 10.1 Å². The lowest BCUT2D eigenvalue weighted by Crippen LogP contribution is -2.35. The zero-order chi connectivity index (χ0) is 23.7. The highest BCUT2D eigenvalue weighted by molar-refractivity contribution is 8.26. The summed E-state index contributed by atoms with van der Waals surface area (Å²) in [5.74, 6) is 0.169. The molecular formula is C25H24N4O4S. The van der Waals surface area contributed by atoms with Crippen molar-refractivity contribution in [2.24, 2.45) is 16.0 Å². The monoisotopic (exact) mass is 476 g/mol. The molecule has 174 valence electrons. The van der Waals surface area contributed by atoms with Crippen LogP contribution < -0.4 is 0 Å². The van der Waals surface area contributed by atoms with Gasteiger partial charge in [0.1, 0.15) is 16.6 Å². The van der Waals surface area contributed by atoms with Crippen molar-refractivity contribution >= 4 is 45.8 Å². The van der Waals surface area contributed by atoms with Crippen molar-refractivity contribution < 1.29 is 19.1 Å². The molecule has 1 aromatic carbocycles. The molecule has 1 aliphatic carbocycles. The van der Waals surface area contributed by atoms with Crippen LogP contribution in [0.25, 0.3) is 17.4 Å². The smallest absolute Gasteiger partial charge is 0.335 e. The van der Waals surface area contributed by atoms with Gasteiger partial charge in [0, 0.05) is 5.56 Å². The highest BCUT2D eigenvalue weighted by Gasteiger charge is 2.35. The van der Waals surface area contributed by atoms with Gasteiger partial charge in [-0.05, 0) is 60.9 Å². The fraction of sp³-hybridized carbons (Fsp3) is 0.320. The van der Waals surface area contributed by atoms with Crippen LogP contribution in [0.3, 0.4) is 0 Å². The SMILES string of the molecule is N=C1/C(=C/c2ccc(-c3ccc(C(=O)O)cc3)o2)C(=O)N=C2SC(CCC3CCCCC3)=NN12. The Balaban J connectivity index is 1.30. The van der Waals surface area contributed by atoms with E-state index in [-0.39, 0.29) is 17.0 Å². The van der Waals surface area contributed by atoms with Crippen LogP contribution in [0, 0.1) is 11.3 Å². The average Bonchev–Trinajstić information content (AvgIpc) is 3.48. The summed E-state index contributed by atoms with van der Waals surface area (Å²) in [4.78, 5) is 27.8. The van der Waals surface area contributed by atoms with E-state index < -0.39 is 11.9 Å². The highest BCUT2D eigenvalue weighted by Crippen LogP contribution is 2.33. The number of carbonyl (C=O) groups is 2. The molecule has 1 aromatic heterocycles. The van der Waals surface area contributed by atoms with Gasteiger partial charge >= 0.3 is 5.97 Å². The number of amidine groups is 2. The molecule has 3 aliphatic rings. The zero-order valence-electron chi connectivity index (χ0n) is 18.5. The Hall–Kier alpha value is -3.46. The van der Waals surface area contributed by atoms with Gasteiger partial charge in [-0.1, -0.05) is 44.2 Å². The number of furan rings is 1. The Kier molecular flexibility index (Phi) is 6.19. The third-order valence-corrected chi connectivity index (χ3v) is 7.29. The number of nitrogens with one attached hydrogen (secondary N) is 1. The molecular weight excluding hydrogens is 452 g/mol. The molecule has 3 heterocycles. The van der Waals surface area contributed by atoms with E-state index in [1.54, 1.807) is 24.3 Å². The van der Waals surface area contributed by atoms with Crippen molar-refractivity contribution in [3.05, 3.63) is 53.3 Å². The molecule has 34 heavy (non-hydrogen) atoms. The molecule has 0 spiro atoms. The van der Waals surface area contributed by atoms with Crippen LogP contribution in [-0.4, -0.2) is 38.0 Å². The Bertz CT molecular complexity index is 1240. The maximum Gasteiger partial charge on any atom is 0.335 e. The number of amides is 1. The van der Waals surface area contributed by atoms with Crippen molar-refractivity contribution in [3.63, 3.8) is 0 Å². The number of benzene rings is 1. The predicted octanol–water partition coefficient (Wildman–Crippen LogP) is 5.62. The minimum atomic E-state index is -0.995. The van der Waals surface area contributed by atoms with Crippen molar-refractivity contribution in [2.45, 2.75) is 44.9 Å². The molecule has 9 heteroatoms. The van der Waals surface area contributed by atoms with Gasteiger partial charge < -0.3 is 9.52 Å². The molecule has 5 rings (SSSR count). The molecule has 0 unspecified atom stereocenters. The lowest BCUT2D eigenvalue weighted by atomic mass is 9.86. The third-order valence-electron chi connectivity index (χ3n) is 6.32. The summed E-state index contributed by atoms with van der Waals surface area (Å²) in [6.07, 6.45) is 9.92. The molecule has 0 bridgehead atoms. The lowest BCUT2D eigenvalue weighted by Gasteiger charge is -2.20. The average molecular weight is 477 g/mol. The Labute approximate surface area is 200 Å². The number of carboxylic acid groups (broad SMARTS) is 1. The number of thioether (sulfide) groups is 1. The van der Waals surface area contributed by atoms with Gasteiger partial charge in [-0.2, -0.15) is 15.1 Å². The van der Waals surface area contributed by atoms with E-state index >= 15 is 0 Å². The third kappa shape index (κ3) is 4.61. The van der Waals surface area contributed by atoms with E-state index in [9.17, 15) is 9.59 Å². The molecule has 1 saturated carbocycles. The predicted molar refractivity (Wildman–Crippen MR) is 132 cm³/mol. The fourth-order valence-electron chi connectivity index (χ4n) is 4.44. The summed E-state index contributed by atoms with van der Waals surface area (Å²) in [6, 6.07) is 9.77. The second kappa shape index (κ2) is 9.42. The minimum absolute atomic E-state index is 0.0149. The number of hydrazone groups is 1. The first-order chi connectivity index (χ1) is 16.5. The fourth-order valence-corrected chi connectivity index (χ4v) is 5.34. The number of nitrogens with zero attached hydrogens (tertiary/aromatic N) is 3. The van der Waals surface area contributed by atoms with E-state index in [0.717, 1.165) is 23.8 Å². The summed E-state index contributed by atoms with van der Waals surface area (Å²) in [5.41, 5.74) is 1.02. The number of carboxylic acids is 1. The molecule has 2 aromatic rings. The van der Waals surface area contributed by atoms with Crippen LogP contribution in [0.4, 0.5) is 0 Å². The quantitative estimate of drug-likeness (QED) is 0.522. The topological polar surface area (TPSA) is 119 Å². The Morgan fingerprint density at radius 3 is 2.68 bits per heavy atom. The van der Waals surface area contributed by atoms with E-state index in [4.69, 9.17) is 14.9 Å². The molecule has 1 amide bonds. The second-order valence-electron chi connectivity index (χ2n) is 8.64. The molecule has 0 atom stereocenters. The van der Waals surface area contributed by atoms with Crippen molar-refractivity contribution in [1.29, 1.82) is 5.41 Å². The normalized spacial score (nSPS) is 19.9. The van der Waals surface area contributed by atoms with Crippen LogP contribution in [0.15, 0.2) is 56.5 Å². The van der Waals surface area contributed by atoms with Crippen molar-refractivity contribution in [2.75, 3.05) is 0 Å². The van der Waals surface area contributed by atoms with Gasteiger partial charge in [-0.15, -0.1) is 0 Å². The number of hydrogen-bond donors (Lipinski definition) is 2. The first-order valence-corrected chi connectivity index (χ1v) is 12.2. The standard InChI is InChI=1S/C25H24N4O4S/c26-22-19(14-18-11-12-20(33-18)16-7-9-17(10-8-16)24(31)32)23(30)27-25-29(22)28-21(34-25)13-6-15-4-2-1-3-5-15/h7-12,14-15,26H,1-6,13H2,(H,31,32)/b19-14-,26-22?. The summed E-state index contributed by atoms with van der Waals surface area (Å²) in [5, 5.41) is 24.9. The van der Waals surface area contributed by atoms with Gasteiger partial charge in [0.15, 0.2) is 5.84 Å². The molecule has 0 saturated heterocycles. The minimum Gasteiger partial charge on any atom is -0.478 e. The van der Waals surface area contributed by atoms with Crippen LogP contribution in [-0.2, 0) is 4.79 Å². The zero-order valence-corrected chi connectivity index (χ0v) is 19.3. The van der Waals surface area contributed by atoms with Crippen LogP contribution in [0.1, 0.15) is 61.1 Å². The summed E-state index contributed by atoms with van der Waals surface area (Å²) >= 11 is 1.38. The van der Waals surface area contributed by atoms with Gasteiger partial charge in [0.25, 0.3) is 5.91 Å². The van der Waals surface area contributed by atoms with E-state index in [1.807, 2.05) is 0 Å². The second-order valence-corrected chi connectivity index (χ2v) is 9.68. The molecule has 8 nitrogen and oxygen atoms in total. The van der Waals surface area contributed by atoms with Gasteiger partial charge in [-0.3, -0.25) is 10.2 Å². The summed E-state index contributed by atoms with van der Waals surface area (Å²) in [6.45, 7) is 0. The maximum atomic E-state index is 12.7. The number of aliphatic imine (C=N–C) groups is 1. The lowest BCUT2D eigenvalue weighted by molar-refractivity contribution is -0.114. The molecule has 1 fully saturated rings. The summed E-state index contributed by atoms with van der Waals surface area (Å²) < 4.78 is 5.83. The van der Waals surface area contributed by atoms with Gasteiger partial charge in [0.2, 0.25) is 5.17 Å². The number of carbonyl (C=O) groups excluding carboxylic acids is 1. The van der Waals surface area contributed by atoms with Crippen LogP contribution in [0.2, 0.25) is 0 Å². The van der Waals surface area contributed by atoms with Gasteiger partial charge in [0.05, 0.1) is 11.1 Å². The number of aromatic carboxylic acids is 1. The largest absolute Gasteiger partial charge is 0.478 e. The van der Waals surface area contributed by atoms with Gasteiger partial charge in [-0.25, -0.2) is 4.79 Å². The number of hydrogen-bond acceptors (Lipinski definition) is 6. The van der Waals surface area contributed by atoms with Crippen LogP contribution >= 0.6 is 11.8 Å². The van der Waals surface area contributed by atoms with E-state index in [0.29, 0.717) is 22.3 Å². The maximum absolute atomic E-state index is 12.7. The number of rotatable bonds is 6. The van der Waals surface area contributed by atoms with E-state index in [1.165, 1.54) is 67.1 Å². The number of fused-ring (bicyclic) bond motifs is 1. The Morgan fingerprint density at radius 2 is 1.94 bits per heavy atom.